The van der Waals surface area contributed by atoms with Gasteiger partial charge in [0.05, 0.1) is 10.9 Å². The first-order chi connectivity index (χ1) is 13.0. The molecule has 0 fully saturated rings. The Morgan fingerprint density at radius 1 is 1.11 bits per heavy atom. The number of benzene rings is 1. The molecular formula is C20H20N4O3. The molecule has 0 radical (unpaired) electrons. The van der Waals surface area contributed by atoms with Crippen molar-refractivity contribution in [3.63, 3.8) is 0 Å². The zero-order valence-corrected chi connectivity index (χ0v) is 15.3. The third-order valence-electron chi connectivity index (χ3n) is 5.14. The summed E-state index contributed by atoms with van der Waals surface area (Å²) in [6.45, 7) is 2.92. The Morgan fingerprint density at radius 3 is 2.37 bits per heavy atom. The minimum atomic E-state index is -0.581. The number of fused-ring (bicyclic) bond motifs is 2. The maximum atomic E-state index is 13.3. The van der Waals surface area contributed by atoms with E-state index in [1.54, 1.807) is 17.9 Å². The van der Waals surface area contributed by atoms with Crippen LogP contribution in [0, 0.1) is 6.92 Å². The van der Waals surface area contributed by atoms with E-state index in [1.807, 2.05) is 12.1 Å². The van der Waals surface area contributed by atoms with Crippen molar-refractivity contribution in [1.29, 1.82) is 0 Å². The number of aromatic amines is 1. The second-order valence-corrected chi connectivity index (χ2v) is 6.89. The van der Waals surface area contributed by atoms with Crippen LogP contribution in [-0.2, 0) is 19.9 Å². The third kappa shape index (κ3) is 2.95. The van der Waals surface area contributed by atoms with Crippen molar-refractivity contribution < 1.29 is 4.79 Å². The summed E-state index contributed by atoms with van der Waals surface area (Å²) in [7, 11) is 1.53. The molecule has 0 bridgehead atoms. The lowest BCUT2D eigenvalue weighted by molar-refractivity contribution is 0.0764. The van der Waals surface area contributed by atoms with Crippen molar-refractivity contribution in [1.82, 2.24) is 19.4 Å². The van der Waals surface area contributed by atoms with E-state index in [0.717, 1.165) is 12.8 Å². The number of aryl methyl sites for hydroxylation is 2. The normalized spacial score (nSPS) is 14.1. The SMILES string of the molecule is Cc1cc(C(=O)N2CCc3ccccc3CC2)c2c(=O)[nH]c(=O)n(C)c2n1. The van der Waals surface area contributed by atoms with Crippen LogP contribution in [0.2, 0.25) is 0 Å². The van der Waals surface area contributed by atoms with E-state index < -0.39 is 11.2 Å². The zero-order chi connectivity index (χ0) is 19.1. The third-order valence-corrected chi connectivity index (χ3v) is 5.14. The number of carbonyl (C=O) groups is 1. The van der Waals surface area contributed by atoms with Crippen molar-refractivity contribution in [2.75, 3.05) is 13.1 Å². The number of H-pyrrole nitrogens is 1. The van der Waals surface area contributed by atoms with Crippen molar-refractivity contribution in [3.05, 3.63) is 73.6 Å². The molecule has 4 rings (SSSR count). The summed E-state index contributed by atoms with van der Waals surface area (Å²) in [4.78, 5) is 46.0. The Kier molecular flexibility index (Phi) is 4.14. The van der Waals surface area contributed by atoms with E-state index in [9.17, 15) is 14.4 Å². The highest BCUT2D eigenvalue weighted by Crippen LogP contribution is 2.20. The number of hydrogen-bond acceptors (Lipinski definition) is 4. The quantitative estimate of drug-likeness (QED) is 0.702. The summed E-state index contributed by atoms with van der Waals surface area (Å²) < 4.78 is 1.26. The molecule has 138 valence electrons. The highest BCUT2D eigenvalue weighted by Gasteiger charge is 2.24. The highest BCUT2D eigenvalue weighted by atomic mass is 16.2. The van der Waals surface area contributed by atoms with Crippen LogP contribution in [0.1, 0.15) is 27.2 Å². The molecule has 0 aliphatic carbocycles. The van der Waals surface area contributed by atoms with Gasteiger partial charge in [-0.1, -0.05) is 24.3 Å². The van der Waals surface area contributed by atoms with Gasteiger partial charge in [0.25, 0.3) is 11.5 Å². The Balaban J connectivity index is 1.79. The highest BCUT2D eigenvalue weighted by molar-refractivity contribution is 6.05. The molecule has 0 saturated heterocycles. The van der Waals surface area contributed by atoms with Crippen LogP contribution in [0.15, 0.2) is 39.9 Å². The Bertz CT molecular complexity index is 1150. The van der Waals surface area contributed by atoms with Crippen LogP contribution in [0.4, 0.5) is 0 Å². The Hall–Kier alpha value is -3.22. The molecule has 0 spiro atoms. The zero-order valence-electron chi connectivity index (χ0n) is 15.3. The standard InChI is InChI=1S/C20H20N4O3/c1-12-11-15(16-17(21-12)23(2)20(27)22-18(16)25)19(26)24-9-7-13-5-3-4-6-14(13)8-10-24/h3-6,11H,7-10H2,1-2H3,(H,22,25,27). The average molecular weight is 364 g/mol. The van der Waals surface area contributed by atoms with Gasteiger partial charge in [-0.3, -0.25) is 19.1 Å². The lowest BCUT2D eigenvalue weighted by atomic mass is 10.0. The minimum absolute atomic E-state index is 0.162. The fourth-order valence-electron chi connectivity index (χ4n) is 3.67. The summed E-state index contributed by atoms with van der Waals surface area (Å²) in [5.74, 6) is -0.206. The van der Waals surface area contributed by atoms with E-state index in [2.05, 4.69) is 22.1 Å². The molecule has 2 aromatic heterocycles. The van der Waals surface area contributed by atoms with Gasteiger partial charge in [-0.15, -0.1) is 0 Å². The van der Waals surface area contributed by atoms with Crippen molar-refractivity contribution in [2.24, 2.45) is 7.05 Å². The topological polar surface area (TPSA) is 88.1 Å². The fraction of sp³-hybridized carbons (Fsp3) is 0.300. The van der Waals surface area contributed by atoms with Gasteiger partial charge < -0.3 is 4.90 Å². The molecule has 0 unspecified atom stereocenters. The molecule has 0 atom stereocenters. The van der Waals surface area contributed by atoms with Crippen LogP contribution in [0.25, 0.3) is 11.0 Å². The maximum absolute atomic E-state index is 13.3. The van der Waals surface area contributed by atoms with E-state index in [0.29, 0.717) is 24.3 Å². The molecule has 1 aliphatic rings. The Morgan fingerprint density at radius 2 is 1.74 bits per heavy atom. The molecule has 1 amide bonds. The summed E-state index contributed by atoms with van der Waals surface area (Å²) in [5, 5.41) is 0.162. The first-order valence-corrected chi connectivity index (χ1v) is 8.92. The van der Waals surface area contributed by atoms with Gasteiger partial charge in [0, 0.05) is 25.8 Å². The van der Waals surface area contributed by atoms with Crippen LogP contribution in [0.5, 0.6) is 0 Å². The second kappa shape index (κ2) is 6.50. The number of rotatable bonds is 1. The van der Waals surface area contributed by atoms with Gasteiger partial charge in [-0.25, -0.2) is 9.78 Å². The number of amides is 1. The second-order valence-electron chi connectivity index (χ2n) is 6.89. The lowest BCUT2D eigenvalue weighted by Gasteiger charge is -2.21. The molecule has 3 aromatic rings. The molecule has 1 aliphatic heterocycles. The summed E-state index contributed by atoms with van der Waals surface area (Å²) >= 11 is 0. The molecule has 3 heterocycles. The summed E-state index contributed by atoms with van der Waals surface area (Å²) in [6, 6.07) is 9.83. The van der Waals surface area contributed by atoms with Crippen LogP contribution in [0.3, 0.4) is 0 Å². The van der Waals surface area contributed by atoms with Crippen molar-refractivity contribution >= 4 is 16.9 Å². The first-order valence-electron chi connectivity index (χ1n) is 8.92. The predicted molar refractivity (Wildman–Crippen MR) is 102 cm³/mol. The molecule has 1 N–H and O–H groups in total. The smallest absolute Gasteiger partial charge is 0.329 e. The average Bonchev–Trinajstić information content (AvgIpc) is 2.87. The van der Waals surface area contributed by atoms with Gasteiger partial charge in [-0.05, 0) is 37.0 Å². The van der Waals surface area contributed by atoms with E-state index in [-0.39, 0.29) is 16.9 Å². The fourth-order valence-corrected chi connectivity index (χ4v) is 3.67. The molecule has 27 heavy (non-hydrogen) atoms. The molecule has 7 nitrogen and oxygen atoms in total. The van der Waals surface area contributed by atoms with Gasteiger partial charge in [0.15, 0.2) is 0 Å². The summed E-state index contributed by atoms with van der Waals surface area (Å²) in [5.41, 5.74) is 2.49. The molecule has 0 saturated carbocycles. The van der Waals surface area contributed by atoms with E-state index in [1.165, 1.54) is 22.7 Å². The van der Waals surface area contributed by atoms with Gasteiger partial charge >= 0.3 is 5.69 Å². The van der Waals surface area contributed by atoms with Crippen molar-refractivity contribution in [3.8, 4) is 0 Å². The number of aromatic nitrogens is 3. The van der Waals surface area contributed by atoms with Crippen LogP contribution >= 0.6 is 0 Å². The van der Waals surface area contributed by atoms with Gasteiger partial charge in [0.2, 0.25) is 0 Å². The first kappa shape index (κ1) is 17.2. The van der Waals surface area contributed by atoms with Crippen molar-refractivity contribution in [2.45, 2.75) is 19.8 Å². The predicted octanol–water partition coefficient (Wildman–Crippen LogP) is 1.17. The van der Waals surface area contributed by atoms with Crippen LogP contribution in [-0.4, -0.2) is 38.4 Å². The largest absolute Gasteiger partial charge is 0.338 e. The Labute approximate surface area is 155 Å². The number of hydrogen-bond donors (Lipinski definition) is 1. The summed E-state index contributed by atoms with van der Waals surface area (Å²) in [6.07, 6.45) is 1.55. The molecule has 7 heteroatoms. The number of pyridine rings is 1. The number of nitrogens with one attached hydrogen (secondary N) is 1. The monoisotopic (exact) mass is 364 g/mol. The minimum Gasteiger partial charge on any atom is -0.338 e. The van der Waals surface area contributed by atoms with Crippen LogP contribution < -0.4 is 11.2 Å². The maximum Gasteiger partial charge on any atom is 0.329 e. The molecular weight excluding hydrogens is 344 g/mol. The number of nitrogens with zero attached hydrogens (tertiary/aromatic N) is 3. The van der Waals surface area contributed by atoms with E-state index >= 15 is 0 Å². The lowest BCUT2D eigenvalue weighted by Crippen LogP contribution is -2.36. The number of carbonyl (C=O) groups excluding carboxylic acids is 1. The molecule has 1 aromatic carbocycles. The van der Waals surface area contributed by atoms with Gasteiger partial charge in [0.1, 0.15) is 5.65 Å². The van der Waals surface area contributed by atoms with Gasteiger partial charge in [-0.2, -0.15) is 0 Å². The van der Waals surface area contributed by atoms with E-state index in [4.69, 9.17) is 0 Å².